The summed E-state index contributed by atoms with van der Waals surface area (Å²) >= 11 is 7.55. The highest BCUT2D eigenvalue weighted by molar-refractivity contribution is 7.98. The van der Waals surface area contributed by atoms with Crippen LogP contribution in [0.5, 0.6) is 0 Å². The van der Waals surface area contributed by atoms with Gasteiger partial charge in [0.15, 0.2) is 6.61 Å². The summed E-state index contributed by atoms with van der Waals surface area (Å²) in [6, 6.07) is 5.33. The van der Waals surface area contributed by atoms with Gasteiger partial charge in [-0.15, -0.1) is 11.8 Å². The van der Waals surface area contributed by atoms with Crippen LogP contribution in [-0.2, 0) is 9.53 Å². The van der Waals surface area contributed by atoms with E-state index >= 15 is 0 Å². The molecule has 1 aliphatic carbocycles. The minimum absolute atomic E-state index is 0.156. The first kappa shape index (κ1) is 19.1. The van der Waals surface area contributed by atoms with Crippen LogP contribution in [-0.4, -0.2) is 30.8 Å². The Bertz CT molecular complexity index is 608. The summed E-state index contributed by atoms with van der Waals surface area (Å²) in [7, 11) is 0. The molecule has 1 fully saturated rings. The summed E-state index contributed by atoms with van der Waals surface area (Å²) in [5, 5.41) is 3.32. The van der Waals surface area contributed by atoms with Crippen molar-refractivity contribution < 1.29 is 14.3 Å². The molecule has 1 N–H and O–H groups in total. The van der Waals surface area contributed by atoms with Crippen LogP contribution in [0.25, 0.3) is 0 Å². The van der Waals surface area contributed by atoms with E-state index in [4.69, 9.17) is 16.3 Å². The normalized spacial score (nSPS) is 23.6. The van der Waals surface area contributed by atoms with Crippen LogP contribution in [0.2, 0.25) is 5.02 Å². The number of hydrogen-bond acceptors (Lipinski definition) is 4. The molecule has 0 radical (unpaired) electrons. The fraction of sp³-hybridized carbons (Fsp3) is 0.556. The Balaban J connectivity index is 1.88. The van der Waals surface area contributed by atoms with E-state index in [-0.39, 0.29) is 24.1 Å². The molecule has 3 unspecified atom stereocenters. The number of amides is 1. The van der Waals surface area contributed by atoms with Gasteiger partial charge in [0.1, 0.15) is 0 Å². The molecule has 6 heteroatoms. The second-order valence-electron chi connectivity index (χ2n) is 6.36. The number of nitrogens with one attached hydrogen (secondary N) is 1. The maximum atomic E-state index is 12.2. The molecule has 0 aromatic heterocycles. The molecule has 3 atom stereocenters. The van der Waals surface area contributed by atoms with Gasteiger partial charge >= 0.3 is 5.97 Å². The highest BCUT2D eigenvalue weighted by Crippen LogP contribution is 2.29. The summed E-state index contributed by atoms with van der Waals surface area (Å²) < 4.78 is 5.13. The van der Waals surface area contributed by atoms with E-state index in [0.29, 0.717) is 16.9 Å². The van der Waals surface area contributed by atoms with E-state index < -0.39 is 5.97 Å². The van der Waals surface area contributed by atoms with Gasteiger partial charge in [0.2, 0.25) is 0 Å². The molecule has 0 aliphatic heterocycles. The van der Waals surface area contributed by atoms with Crippen molar-refractivity contribution in [3.63, 3.8) is 0 Å². The van der Waals surface area contributed by atoms with Crippen LogP contribution in [0.3, 0.4) is 0 Å². The van der Waals surface area contributed by atoms with E-state index in [1.54, 1.807) is 12.1 Å². The third-order valence-electron chi connectivity index (χ3n) is 4.78. The Morgan fingerprint density at radius 2 is 2.08 bits per heavy atom. The predicted molar refractivity (Wildman–Crippen MR) is 97.6 cm³/mol. The van der Waals surface area contributed by atoms with E-state index in [0.717, 1.165) is 17.7 Å². The summed E-state index contributed by atoms with van der Waals surface area (Å²) in [4.78, 5) is 25.2. The zero-order valence-electron chi connectivity index (χ0n) is 14.3. The average molecular weight is 370 g/mol. The molecular formula is C18H24ClNO3S. The van der Waals surface area contributed by atoms with Crippen molar-refractivity contribution in [3.8, 4) is 0 Å². The molecule has 24 heavy (non-hydrogen) atoms. The number of halogens is 1. The Hall–Kier alpha value is -1.20. The molecule has 0 saturated heterocycles. The van der Waals surface area contributed by atoms with Crippen LogP contribution in [0.4, 0.5) is 0 Å². The lowest BCUT2D eigenvalue weighted by molar-refractivity contribution is -0.125. The monoisotopic (exact) mass is 369 g/mol. The third kappa shape index (κ3) is 4.90. The highest BCUT2D eigenvalue weighted by atomic mass is 35.5. The lowest BCUT2D eigenvalue weighted by Gasteiger charge is -2.34. The largest absolute Gasteiger partial charge is 0.452 e. The number of hydrogen-bond donors (Lipinski definition) is 1. The van der Waals surface area contributed by atoms with Gasteiger partial charge in [-0.1, -0.05) is 38.3 Å². The third-order valence-corrected chi connectivity index (χ3v) is 5.84. The quantitative estimate of drug-likeness (QED) is 0.625. The minimum atomic E-state index is -0.573. The maximum absolute atomic E-state index is 12.2. The summed E-state index contributed by atoms with van der Waals surface area (Å²) in [6.45, 7) is 4.09. The van der Waals surface area contributed by atoms with Crippen LogP contribution in [0, 0.1) is 11.8 Å². The molecule has 0 heterocycles. The van der Waals surface area contributed by atoms with Crippen LogP contribution in [0.15, 0.2) is 23.1 Å². The topological polar surface area (TPSA) is 55.4 Å². The molecule has 0 spiro atoms. The standard InChI is InChI=1S/C18H24ClNO3S/c1-11-5-4-6-16(12(11)2)20-17(21)10-23-18(22)14-9-13(24-3)7-8-15(14)19/h7-9,11-12,16H,4-6,10H2,1-3H3,(H,20,21). The number of rotatable bonds is 5. The molecule has 1 aromatic rings. The van der Waals surface area contributed by atoms with Gasteiger partial charge < -0.3 is 10.1 Å². The lowest BCUT2D eigenvalue weighted by Crippen LogP contribution is -2.45. The molecular weight excluding hydrogens is 346 g/mol. The molecule has 4 nitrogen and oxygen atoms in total. The summed E-state index contributed by atoms with van der Waals surface area (Å²) in [6.07, 6.45) is 5.21. The van der Waals surface area contributed by atoms with E-state index in [2.05, 4.69) is 19.2 Å². The molecule has 0 bridgehead atoms. The predicted octanol–water partition coefficient (Wildman–Crippen LogP) is 4.16. The van der Waals surface area contributed by atoms with E-state index in [1.807, 2.05) is 12.3 Å². The van der Waals surface area contributed by atoms with Crippen molar-refractivity contribution in [1.82, 2.24) is 5.32 Å². The Morgan fingerprint density at radius 3 is 2.79 bits per heavy atom. The SMILES string of the molecule is CSc1ccc(Cl)c(C(=O)OCC(=O)NC2CCCC(C)C2C)c1. The first-order valence-electron chi connectivity index (χ1n) is 8.22. The summed E-state index contributed by atoms with van der Waals surface area (Å²) in [5.41, 5.74) is 0.288. The van der Waals surface area contributed by atoms with Gasteiger partial charge in [0.05, 0.1) is 10.6 Å². The van der Waals surface area contributed by atoms with E-state index in [9.17, 15) is 9.59 Å². The fourth-order valence-electron chi connectivity index (χ4n) is 3.03. The van der Waals surface area contributed by atoms with E-state index in [1.165, 1.54) is 18.2 Å². The number of esters is 1. The number of carbonyl (C=O) groups is 2. The first-order valence-corrected chi connectivity index (χ1v) is 9.82. The first-order chi connectivity index (χ1) is 11.4. The molecule has 1 aromatic carbocycles. The fourth-order valence-corrected chi connectivity index (χ4v) is 3.67. The van der Waals surface area contributed by atoms with Crippen molar-refractivity contribution >= 4 is 35.2 Å². The van der Waals surface area contributed by atoms with Gasteiger partial charge in [0, 0.05) is 10.9 Å². The van der Waals surface area contributed by atoms with Crippen molar-refractivity contribution in [3.05, 3.63) is 28.8 Å². The van der Waals surface area contributed by atoms with Gasteiger partial charge in [-0.05, 0) is 42.7 Å². The smallest absolute Gasteiger partial charge is 0.340 e. The number of carbonyl (C=O) groups excluding carboxylic acids is 2. The highest BCUT2D eigenvalue weighted by Gasteiger charge is 2.28. The van der Waals surface area contributed by atoms with Gasteiger partial charge in [0.25, 0.3) is 5.91 Å². The minimum Gasteiger partial charge on any atom is -0.452 e. The Kier molecular flexibility index (Phi) is 6.99. The van der Waals surface area contributed by atoms with Gasteiger partial charge in [-0.25, -0.2) is 4.79 Å². The van der Waals surface area contributed by atoms with Crippen LogP contribution in [0.1, 0.15) is 43.5 Å². The number of ether oxygens (including phenoxy) is 1. The van der Waals surface area contributed by atoms with Crippen molar-refractivity contribution in [2.75, 3.05) is 12.9 Å². The van der Waals surface area contributed by atoms with Crippen LogP contribution < -0.4 is 5.32 Å². The Morgan fingerprint density at radius 1 is 1.33 bits per heavy atom. The zero-order chi connectivity index (χ0) is 17.7. The van der Waals surface area contributed by atoms with Crippen LogP contribution >= 0.6 is 23.4 Å². The summed E-state index contributed by atoms with van der Waals surface area (Å²) in [5.74, 6) is 0.202. The second kappa shape index (κ2) is 8.77. The molecule has 1 amide bonds. The van der Waals surface area contributed by atoms with Crippen molar-refractivity contribution in [1.29, 1.82) is 0 Å². The molecule has 1 aliphatic rings. The molecule has 2 rings (SSSR count). The number of thioether (sulfide) groups is 1. The van der Waals surface area contributed by atoms with Gasteiger partial charge in [-0.3, -0.25) is 4.79 Å². The molecule has 1 saturated carbocycles. The zero-order valence-corrected chi connectivity index (χ0v) is 15.9. The number of benzene rings is 1. The van der Waals surface area contributed by atoms with Crippen molar-refractivity contribution in [2.45, 2.75) is 44.0 Å². The average Bonchev–Trinajstić information content (AvgIpc) is 2.57. The lowest BCUT2D eigenvalue weighted by atomic mass is 9.78. The maximum Gasteiger partial charge on any atom is 0.340 e. The van der Waals surface area contributed by atoms with Gasteiger partial charge in [-0.2, -0.15) is 0 Å². The Labute approximate surface area is 152 Å². The van der Waals surface area contributed by atoms with Crippen molar-refractivity contribution in [2.24, 2.45) is 11.8 Å². The second-order valence-corrected chi connectivity index (χ2v) is 7.65. The molecule has 132 valence electrons.